The van der Waals surface area contributed by atoms with Gasteiger partial charge in [0.15, 0.2) is 17.5 Å². The lowest BCUT2D eigenvalue weighted by atomic mass is 10.3. The summed E-state index contributed by atoms with van der Waals surface area (Å²) >= 11 is 1.30. The third-order valence-electron chi connectivity index (χ3n) is 3.12. The number of hydrogen-bond donors (Lipinski definition) is 1. The Morgan fingerprint density at radius 3 is 2.56 bits per heavy atom. The van der Waals surface area contributed by atoms with Crippen LogP contribution in [0.1, 0.15) is 5.69 Å². The maximum absolute atomic E-state index is 13.7. The van der Waals surface area contributed by atoms with Crippen molar-refractivity contribution in [1.82, 2.24) is 19.6 Å². The normalized spacial score (nSPS) is 11.9. The second-order valence-electron chi connectivity index (χ2n) is 4.87. The molecule has 0 spiro atoms. The molecule has 0 saturated heterocycles. The molecule has 0 aliphatic heterocycles. The number of nitrogens with zero attached hydrogens (tertiary/aromatic N) is 4. The van der Waals surface area contributed by atoms with Crippen molar-refractivity contribution in [2.45, 2.75) is 17.1 Å². The number of thioether (sulfide) groups is 1. The van der Waals surface area contributed by atoms with E-state index in [9.17, 15) is 21.6 Å². The van der Waals surface area contributed by atoms with Crippen LogP contribution in [0.2, 0.25) is 0 Å². The number of hydrogen-bond acceptors (Lipinski definition) is 6. The van der Waals surface area contributed by atoms with Crippen molar-refractivity contribution < 1.29 is 21.6 Å². The molecule has 1 N–H and O–H groups in total. The summed E-state index contributed by atoms with van der Waals surface area (Å²) in [5, 5.41) is 3.76. The van der Waals surface area contributed by atoms with Gasteiger partial charge in [-0.05, 0) is 31.4 Å². The van der Waals surface area contributed by atoms with E-state index in [1.54, 1.807) is 24.0 Å². The molecule has 132 valence electrons. The zero-order chi connectivity index (χ0) is 18.4. The molecule has 12 heteroatoms. The van der Waals surface area contributed by atoms with Gasteiger partial charge < -0.3 is 0 Å². The summed E-state index contributed by atoms with van der Waals surface area (Å²) < 4.78 is 67.6. The zero-order valence-corrected chi connectivity index (χ0v) is 14.4. The Kier molecular flexibility index (Phi) is 4.33. The largest absolute Gasteiger partial charge is 0.299 e. The first-order valence-electron chi connectivity index (χ1n) is 6.67. The maximum atomic E-state index is 13.7. The molecular formula is C13H10F3N5O2S2. The third-order valence-corrected chi connectivity index (χ3v) is 4.97. The molecule has 3 aromatic rings. The Bertz CT molecular complexity index is 1080. The van der Waals surface area contributed by atoms with Crippen LogP contribution in [0.25, 0.3) is 5.78 Å². The smallest absolute Gasteiger partial charge is 0.274 e. The van der Waals surface area contributed by atoms with Crippen LogP contribution in [0.15, 0.2) is 28.4 Å². The van der Waals surface area contributed by atoms with Gasteiger partial charge in [0.25, 0.3) is 21.0 Å². The summed E-state index contributed by atoms with van der Waals surface area (Å²) in [6, 6.07) is 3.05. The summed E-state index contributed by atoms with van der Waals surface area (Å²) in [6.07, 6.45) is 1.76. The average Bonchev–Trinajstić information content (AvgIpc) is 2.99. The number of halogens is 3. The molecular weight excluding hydrogens is 379 g/mol. The van der Waals surface area contributed by atoms with Gasteiger partial charge in [-0.15, -0.1) is 16.9 Å². The van der Waals surface area contributed by atoms with Crippen LogP contribution in [0.3, 0.4) is 0 Å². The Morgan fingerprint density at radius 2 is 1.88 bits per heavy atom. The molecule has 0 aliphatic rings. The third kappa shape index (κ3) is 3.14. The van der Waals surface area contributed by atoms with Crippen LogP contribution in [0, 0.1) is 24.4 Å². The Balaban J connectivity index is 2.06. The number of rotatable bonds is 4. The van der Waals surface area contributed by atoms with Gasteiger partial charge in [-0.1, -0.05) is 0 Å². The molecule has 3 rings (SSSR count). The van der Waals surface area contributed by atoms with E-state index in [0.29, 0.717) is 16.8 Å². The quantitative estimate of drug-likeness (QED) is 0.419. The molecule has 0 radical (unpaired) electrons. The van der Waals surface area contributed by atoms with Gasteiger partial charge in [0.2, 0.25) is 0 Å². The standard InChI is InChI=1S/C13H10F3N5O2S2/c1-6-5-9(24-2)21-12(17-6)18-13(19-21)25(22,23)20-8-4-3-7(14)10(15)11(8)16/h3-5,20H,1-2H3. The highest BCUT2D eigenvalue weighted by Crippen LogP contribution is 2.23. The van der Waals surface area contributed by atoms with Gasteiger partial charge in [0.1, 0.15) is 5.03 Å². The summed E-state index contributed by atoms with van der Waals surface area (Å²) in [5.41, 5.74) is -0.153. The molecule has 2 aromatic heterocycles. The molecule has 0 atom stereocenters. The van der Waals surface area contributed by atoms with Crippen LogP contribution in [0.5, 0.6) is 0 Å². The van der Waals surface area contributed by atoms with E-state index in [1.807, 2.05) is 0 Å². The van der Waals surface area contributed by atoms with E-state index in [1.165, 1.54) is 16.3 Å². The number of anilines is 1. The number of nitrogens with one attached hydrogen (secondary N) is 1. The van der Waals surface area contributed by atoms with Crippen LogP contribution in [0.4, 0.5) is 18.9 Å². The van der Waals surface area contributed by atoms with Gasteiger partial charge in [0.05, 0.1) is 5.69 Å². The second-order valence-corrected chi connectivity index (χ2v) is 7.28. The maximum Gasteiger partial charge on any atom is 0.299 e. The van der Waals surface area contributed by atoms with E-state index in [0.717, 1.165) is 6.07 Å². The topological polar surface area (TPSA) is 89.2 Å². The molecule has 0 amide bonds. The minimum absolute atomic E-state index is 0.0375. The van der Waals surface area contributed by atoms with Gasteiger partial charge in [-0.25, -0.2) is 18.2 Å². The summed E-state index contributed by atoms with van der Waals surface area (Å²) in [6.45, 7) is 1.71. The fourth-order valence-electron chi connectivity index (χ4n) is 1.99. The lowest BCUT2D eigenvalue weighted by molar-refractivity contribution is 0.449. The number of aromatic nitrogens is 4. The lowest BCUT2D eigenvalue weighted by Crippen LogP contribution is -2.16. The van der Waals surface area contributed by atoms with Crippen molar-refractivity contribution in [3.05, 3.63) is 41.3 Å². The molecule has 0 unspecified atom stereocenters. The van der Waals surface area contributed by atoms with Gasteiger partial charge in [-0.3, -0.25) is 4.72 Å². The highest BCUT2D eigenvalue weighted by atomic mass is 32.2. The molecule has 0 bridgehead atoms. The number of fused-ring (bicyclic) bond motifs is 1. The number of sulfonamides is 1. The molecule has 7 nitrogen and oxygen atoms in total. The van der Waals surface area contributed by atoms with Crippen molar-refractivity contribution >= 4 is 33.3 Å². The van der Waals surface area contributed by atoms with Crippen LogP contribution in [-0.2, 0) is 10.0 Å². The summed E-state index contributed by atoms with van der Waals surface area (Å²) in [5.74, 6) is -4.85. The monoisotopic (exact) mass is 389 g/mol. The predicted octanol–water partition coefficient (Wildman–Crippen LogP) is 2.37. The van der Waals surface area contributed by atoms with Crippen molar-refractivity contribution in [2.24, 2.45) is 0 Å². The van der Waals surface area contributed by atoms with Crippen molar-refractivity contribution in [2.75, 3.05) is 11.0 Å². The van der Waals surface area contributed by atoms with Crippen molar-refractivity contribution in [1.29, 1.82) is 0 Å². The zero-order valence-electron chi connectivity index (χ0n) is 12.8. The molecule has 0 fully saturated rings. The fraction of sp³-hybridized carbons (Fsp3) is 0.154. The van der Waals surface area contributed by atoms with Crippen LogP contribution < -0.4 is 4.72 Å². The minimum Gasteiger partial charge on any atom is -0.274 e. The van der Waals surface area contributed by atoms with E-state index in [-0.39, 0.29) is 5.78 Å². The van der Waals surface area contributed by atoms with Gasteiger partial charge >= 0.3 is 0 Å². The highest BCUT2D eigenvalue weighted by molar-refractivity contribution is 7.98. The van der Waals surface area contributed by atoms with E-state index < -0.39 is 38.3 Å². The minimum atomic E-state index is -4.44. The second kappa shape index (κ2) is 6.19. The Labute approximate surface area is 144 Å². The Hall–Kier alpha value is -2.34. The van der Waals surface area contributed by atoms with E-state index in [4.69, 9.17) is 0 Å². The fourth-order valence-corrected chi connectivity index (χ4v) is 3.50. The van der Waals surface area contributed by atoms with Gasteiger partial charge in [-0.2, -0.15) is 17.9 Å². The van der Waals surface area contributed by atoms with E-state index in [2.05, 4.69) is 15.1 Å². The van der Waals surface area contributed by atoms with Crippen LogP contribution in [-0.4, -0.2) is 34.3 Å². The van der Waals surface area contributed by atoms with Crippen LogP contribution >= 0.6 is 11.8 Å². The Morgan fingerprint density at radius 1 is 1.16 bits per heavy atom. The molecule has 2 heterocycles. The first-order valence-corrected chi connectivity index (χ1v) is 9.38. The van der Waals surface area contributed by atoms with Crippen molar-refractivity contribution in [3.63, 3.8) is 0 Å². The van der Waals surface area contributed by atoms with Crippen molar-refractivity contribution in [3.8, 4) is 0 Å². The highest BCUT2D eigenvalue weighted by Gasteiger charge is 2.25. The first kappa shape index (κ1) is 17.5. The lowest BCUT2D eigenvalue weighted by Gasteiger charge is -2.06. The van der Waals surface area contributed by atoms with Gasteiger partial charge in [0, 0.05) is 5.69 Å². The average molecular weight is 389 g/mol. The van der Waals surface area contributed by atoms with E-state index >= 15 is 0 Å². The molecule has 25 heavy (non-hydrogen) atoms. The molecule has 0 saturated carbocycles. The molecule has 0 aliphatic carbocycles. The first-order chi connectivity index (χ1) is 11.7. The SMILES string of the molecule is CSc1cc(C)nc2nc(S(=O)(=O)Nc3ccc(F)c(F)c3F)nn12. The number of benzene rings is 1. The predicted molar refractivity (Wildman–Crippen MR) is 84.4 cm³/mol. The summed E-state index contributed by atoms with van der Waals surface area (Å²) in [4.78, 5) is 7.88. The summed E-state index contributed by atoms with van der Waals surface area (Å²) in [7, 11) is -4.44. The molecule has 1 aromatic carbocycles. The number of aryl methyl sites for hydroxylation is 1.